The average Bonchev–Trinajstić information content (AvgIpc) is 2.94. The molecule has 1 aromatic carbocycles. The van der Waals surface area contributed by atoms with Crippen LogP contribution >= 0.6 is 0 Å². The highest BCUT2D eigenvalue weighted by molar-refractivity contribution is 5.80. The lowest BCUT2D eigenvalue weighted by Crippen LogP contribution is -2.46. The molecule has 0 radical (unpaired) electrons. The van der Waals surface area contributed by atoms with Crippen molar-refractivity contribution in [2.24, 2.45) is 5.92 Å². The fourth-order valence-corrected chi connectivity index (χ4v) is 3.47. The van der Waals surface area contributed by atoms with E-state index in [1.165, 1.54) is 0 Å². The minimum absolute atomic E-state index is 0.0321. The third kappa shape index (κ3) is 3.73. The molecule has 1 aliphatic heterocycles. The van der Waals surface area contributed by atoms with Crippen LogP contribution in [0.25, 0.3) is 0 Å². The molecule has 0 unspecified atom stereocenters. The van der Waals surface area contributed by atoms with Gasteiger partial charge in [0.1, 0.15) is 5.76 Å². The number of nitrogens with zero attached hydrogens (tertiary/aromatic N) is 2. The van der Waals surface area contributed by atoms with Crippen LogP contribution in [-0.2, 0) is 16.0 Å². The van der Waals surface area contributed by atoms with Crippen molar-refractivity contribution in [3.63, 3.8) is 0 Å². The van der Waals surface area contributed by atoms with E-state index < -0.39 is 11.9 Å². The molecule has 6 nitrogen and oxygen atoms in total. The molecule has 2 atom stereocenters. The van der Waals surface area contributed by atoms with Crippen LogP contribution < -0.4 is 0 Å². The standard InChI is InChI=1S/C19H22N2O4/c1-12-17(13(2)25-20-12)9-18(22)21-10-15(8-16(11-21)19(23)24)14-6-4-3-5-7-14/h3-7,15-16H,8-11H2,1-2H3,(H,23,24)/t15-,16-/m1/s1. The maximum absolute atomic E-state index is 12.8. The van der Waals surface area contributed by atoms with E-state index in [1.807, 2.05) is 37.3 Å². The molecule has 2 heterocycles. The number of hydrogen-bond donors (Lipinski definition) is 1. The Labute approximate surface area is 146 Å². The lowest BCUT2D eigenvalue weighted by Gasteiger charge is -2.36. The molecule has 1 amide bonds. The van der Waals surface area contributed by atoms with Crippen molar-refractivity contribution in [1.29, 1.82) is 0 Å². The predicted octanol–water partition coefficient (Wildman–Crippen LogP) is 2.55. The summed E-state index contributed by atoms with van der Waals surface area (Å²) in [5, 5.41) is 13.4. The van der Waals surface area contributed by atoms with Crippen LogP contribution in [0.4, 0.5) is 0 Å². The van der Waals surface area contributed by atoms with E-state index >= 15 is 0 Å². The molecule has 2 aromatic rings. The Morgan fingerprint density at radius 3 is 2.56 bits per heavy atom. The molecule has 1 N–H and O–H groups in total. The van der Waals surface area contributed by atoms with Crippen molar-refractivity contribution < 1.29 is 19.2 Å². The summed E-state index contributed by atoms with van der Waals surface area (Å²) in [5.41, 5.74) is 2.57. The van der Waals surface area contributed by atoms with Crippen LogP contribution in [0.3, 0.4) is 0 Å². The highest BCUT2D eigenvalue weighted by Gasteiger charge is 2.34. The molecule has 25 heavy (non-hydrogen) atoms. The van der Waals surface area contributed by atoms with Crippen molar-refractivity contribution >= 4 is 11.9 Å². The number of aliphatic carboxylic acids is 1. The number of rotatable bonds is 4. The highest BCUT2D eigenvalue weighted by atomic mass is 16.5. The first-order valence-corrected chi connectivity index (χ1v) is 8.43. The van der Waals surface area contributed by atoms with E-state index in [2.05, 4.69) is 5.16 Å². The first-order valence-electron chi connectivity index (χ1n) is 8.43. The van der Waals surface area contributed by atoms with E-state index in [-0.39, 0.29) is 24.8 Å². The fraction of sp³-hybridized carbons (Fsp3) is 0.421. The number of amides is 1. The molecule has 6 heteroatoms. The van der Waals surface area contributed by atoms with Crippen LogP contribution in [0.2, 0.25) is 0 Å². The number of carboxylic acid groups (broad SMARTS) is 1. The maximum atomic E-state index is 12.8. The van der Waals surface area contributed by atoms with Crippen molar-refractivity contribution in [2.45, 2.75) is 32.6 Å². The number of piperidine rings is 1. The van der Waals surface area contributed by atoms with Crippen molar-refractivity contribution in [3.05, 3.63) is 52.9 Å². The third-order valence-electron chi connectivity index (χ3n) is 4.93. The van der Waals surface area contributed by atoms with Gasteiger partial charge in [0.15, 0.2) is 0 Å². The Morgan fingerprint density at radius 2 is 1.96 bits per heavy atom. The Morgan fingerprint density at radius 1 is 1.24 bits per heavy atom. The number of aromatic nitrogens is 1. The monoisotopic (exact) mass is 342 g/mol. The SMILES string of the molecule is Cc1noc(C)c1CC(=O)N1C[C@H](C(=O)O)C[C@@H](c2ccccc2)C1. The summed E-state index contributed by atoms with van der Waals surface area (Å²) in [5.74, 6) is -0.813. The molecule has 1 aromatic heterocycles. The molecule has 1 fully saturated rings. The topological polar surface area (TPSA) is 83.6 Å². The zero-order valence-corrected chi connectivity index (χ0v) is 14.4. The Hall–Kier alpha value is -2.63. The van der Waals surface area contributed by atoms with E-state index in [1.54, 1.807) is 11.8 Å². The Kier molecular flexibility index (Phi) is 4.88. The third-order valence-corrected chi connectivity index (χ3v) is 4.93. The summed E-state index contributed by atoms with van der Waals surface area (Å²) in [6.07, 6.45) is 0.740. The lowest BCUT2D eigenvalue weighted by molar-refractivity contribution is -0.146. The number of hydrogen-bond acceptors (Lipinski definition) is 4. The largest absolute Gasteiger partial charge is 0.481 e. The van der Waals surface area contributed by atoms with E-state index in [9.17, 15) is 14.7 Å². The minimum atomic E-state index is -0.851. The normalized spacial score (nSPS) is 20.5. The Balaban J connectivity index is 1.79. The molecule has 1 saturated heterocycles. The van der Waals surface area contributed by atoms with E-state index in [0.717, 1.165) is 11.1 Å². The smallest absolute Gasteiger partial charge is 0.308 e. The van der Waals surface area contributed by atoms with Gasteiger partial charge in [0.2, 0.25) is 5.91 Å². The van der Waals surface area contributed by atoms with E-state index in [4.69, 9.17) is 4.52 Å². The number of carbonyl (C=O) groups excluding carboxylic acids is 1. The number of likely N-dealkylation sites (tertiary alicyclic amines) is 1. The van der Waals surface area contributed by atoms with Gasteiger partial charge in [0.05, 0.1) is 18.0 Å². The second-order valence-electron chi connectivity index (χ2n) is 6.66. The van der Waals surface area contributed by atoms with Gasteiger partial charge in [-0.1, -0.05) is 35.5 Å². The van der Waals surface area contributed by atoms with Gasteiger partial charge in [0.25, 0.3) is 0 Å². The molecule has 132 valence electrons. The second-order valence-corrected chi connectivity index (χ2v) is 6.66. The van der Waals surface area contributed by atoms with Crippen LogP contribution in [0.1, 0.15) is 34.9 Å². The molecule has 0 aliphatic carbocycles. The molecule has 0 spiro atoms. The summed E-state index contributed by atoms with van der Waals surface area (Å²) in [6.45, 7) is 4.38. The van der Waals surface area contributed by atoms with Crippen molar-refractivity contribution in [3.8, 4) is 0 Å². The summed E-state index contributed by atoms with van der Waals surface area (Å²) < 4.78 is 5.12. The van der Waals surface area contributed by atoms with Gasteiger partial charge in [-0.25, -0.2) is 0 Å². The Bertz CT molecular complexity index is 749. The highest BCUT2D eigenvalue weighted by Crippen LogP contribution is 2.31. The van der Waals surface area contributed by atoms with E-state index in [0.29, 0.717) is 24.4 Å². The first kappa shape index (κ1) is 17.2. The van der Waals surface area contributed by atoms with Crippen molar-refractivity contribution in [1.82, 2.24) is 10.1 Å². The molecule has 1 aliphatic rings. The summed E-state index contributed by atoms with van der Waals surface area (Å²) in [4.78, 5) is 26.0. The zero-order valence-electron chi connectivity index (χ0n) is 14.4. The quantitative estimate of drug-likeness (QED) is 0.923. The number of carboxylic acids is 1. The molecule has 0 saturated carbocycles. The number of benzene rings is 1. The number of carbonyl (C=O) groups is 2. The summed E-state index contributed by atoms with van der Waals surface area (Å²) >= 11 is 0. The van der Waals surface area contributed by atoms with Gasteiger partial charge in [-0.2, -0.15) is 0 Å². The summed E-state index contributed by atoms with van der Waals surface area (Å²) in [7, 11) is 0. The fourth-order valence-electron chi connectivity index (χ4n) is 3.47. The van der Waals surface area contributed by atoms with Gasteiger partial charge >= 0.3 is 5.97 Å². The molecular formula is C19H22N2O4. The molecule has 3 rings (SSSR count). The van der Waals surface area contributed by atoms with Crippen LogP contribution in [-0.4, -0.2) is 40.1 Å². The van der Waals surface area contributed by atoms with Gasteiger partial charge in [0, 0.05) is 24.6 Å². The van der Waals surface area contributed by atoms with Gasteiger partial charge in [-0.3, -0.25) is 9.59 Å². The first-order chi connectivity index (χ1) is 12.0. The average molecular weight is 342 g/mol. The van der Waals surface area contributed by atoms with Crippen LogP contribution in [0.5, 0.6) is 0 Å². The van der Waals surface area contributed by atoms with Crippen molar-refractivity contribution in [2.75, 3.05) is 13.1 Å². The predicted molar refractivity (Wildman–Crippen MR) is 91.2 cm³/mol. The van der Waals surface area contributed by atoms with Crippen LogP contribution in [0, 0.1) is 19.8 Å². The molecule has 0 bridgehead atoms. The number of aryl methyl sites for hydroxylation is 2. The minimum Gasteiger partial charge on any atom is -0.481 e. The summed E-state index contributed by atoms with van der Waals surface area (Å²) in [6, 6.07) is 9.80. The molecular weight excluding hydrogens is 320 g/mol. The van der Waals surface area contributed by atoms with Gasteiger partial charge in [-0.05, 0) is 25.8 Å². The maximum Gasteiger partial charge on any atom is 0.308 e. The van der Waals surface area contributed by atoms with Crippen LogP contribution in [0.15, 0.2) is 34.9 Å². The second kappa shape index (κ2) is 7.09. The zero-order chi connectivity index (χ0) is 18.0. The van der Waals surface area contributed by atoms with Gasteiger partial charge < -0.3 is 14.5 Å². The lowest BCUT2D eigenvalue weighted by atomic mass is 9.84. The van der Waals surface area contributed by atoms with Gasteiger partial charge in [-0.15, -0.1) is 0 Å².